The van der Waals surface area contributed by atoms with Crippen LogP contribution in [0, 0.1) is 0 Å². The molecule has 0 saturated carbocycles. The number of ether oxygens (including phenoxy) is 2. The Bertz CT molecular complexity index is 545. The summed E-state index contributed by atoms with van der Waals surface area (Å²) in [6.45, 7) is 2.32. The zero-order chi connectivity index (χ0) is 14.4. The van der Waals surface area contributed by atoms with Crippen LogP contribution in [0.5, 0.6) is 11.5 Å². The molecule has 112 valence electrons. The molecule has 1 heterocycles. The number of benzene rings is 1. The Morgan fingerprint density at radius 3 is 2.70 bits per heavy atom. The molecule has 1 aliphatic heterocycles. The number of hydrogen-bond donors (Lipinski definition) is 2. The maximum atomic E-state index is 11.3. The van der Waals surface area contributed by atoms with E-state index in [2.05, 4.69) is 10.0 Å². The maximum Gasteiger partial charge on any atom is 0.212 e. The normalized spacial score (nSPS) is 14.8. The van der Waals surface area contributed by atoms with Crippen LogP contribution in [0.4, 0.5) is 0 Å². The van der Waals surface area contributed by atoms with Crippen LogP contribution >= 0.6 is 0 Å². The second-order valence-corrected chi connectivity index (χ2v) is 6.58. The summed E-state index contributed by atoms with van der Waals surface area (Å²) in [6, 6.07) is 5.77. The molecular formula is C13H20N2O4S. The van der Waals surface area contributed by atoms with Gasteiger partial charge < -0.3 is 14.8 Å². The molecule has 1 aromatic rings. The molecule has 2 rings (SSSR count). The van der Waals surface area contributed by atoms with Crippen molar-refractivity contribution < 1.29 is 17.9 Å². The lowest BCUT2D eigenvalue weighted by molar-refractivity contribution is 0.297. The summed E-state index contributed by atoms with van der Waals surface area (Å²) in [4.78, 5) is 0. The van der Waals surface area contributed by atoms with E-state index in [0.29, 0.717) is 26.3 Å². The van der Waals surface area contributed by atoms with Crippen LogP contribution in [0.2, 0.25) is 0 Å². The average molecular weight is 300 g/mol. The summed E-state index contributed by atoms with van der Waals surface area (Å²) in [6.07, 6.45) is 0.879. The third-order valence-corrected chi connectivity index (χ3v) is 4.36. The molecule has 1 aromatic carbocycles. The van der Waals surface area contributed by atoms with Gasteiger partial charge in [0.15, 0.2) is 11.5 Å². The standard InChI is InChI=1S/C13H20N2O4S/c1-14-20(16,17)8-5-15-10-11-3-4-12-13(9-11)19-7-2-6-18-12/h3-4,9,14-15H,2,5-8,10H2,1H3. The molecule has 1 aliphatic rings. The van der Waals surface area contributed by atoms with Gasteiger partial charge in [-0.05, 0) is 24.7 Å². The van der Waals surface area contributed by atoms with Gasteiger partial charge in [0.05, 0.1) is 19.0 Å². The Balaban J connectivity index is 1.86. The monoisotopic (exact) mass is 300 g/mol. The summed E-state index contributed by atoms with van der Waals surface area (Å²) in [5, 5.41) is 3.10. The van der Waals surface area contributed by atoms with E-state index in [0.717, 1.165) is 23.5 Å². The SMILES string of the molecule is CNS(=O)(=O)CCNCc1ccc2c(c1)OCCCO2. The predicted molar refractivity (Wildman–Crippen MR) is 76.6 cm³/mol. The third-order valence-electron chi connectivity index (χ3n) is 3.00. The Labute approximate surface area is 119 Å². The molecule has 0 amide bonds. The van der Waals surface area contributed by atoms with Crippen LogP contribution in [0.15, 0.2) is 18.2 Å². The largest absolute Gasteiger partial charge is 0.490 e. The van der Waals surface area contributed by atoms with Crippen LogP contribution in [-0.4, -0.2) is 41.0 Å². The fourth-order valence-electron chi connectivity index (χ4n) is 1.86. The Kier molecular flexibility index (Phi) is 5.22. The van der Waals surface area contributed by atoms with Gasteiger partial charge in [-0.25, -0.2) is 13.1 Å². The van der Waals surface area contributed by atoms with Gasteiger partial charge in [-0.2, -0.15) is 0 Å². The highest BCUT2D eigenvalue weighted by atomic mass is 32.2. The smallest absolute Gasteiger partial charge is 0.212 e. The first-order valence-corrected chi connectivity index (χ1v) is 8.26. The molecule has 7 heteroatoms. The quantitative estimate of drug-likeness (QED) is 0.748. The Morgan fingerprint density at radius 1 is 1.20 bits per heavy atom. The molecule has 0 spiro atoms. The first-order chi connectivity index (χ1) is 9.61. The topological polar surface area (TPSA) is 76.7 Å². The molecule has 0 saturated heterocycles. The molecule has 0 bridgehead atoms. The van der Waals surface area contributed by atoms with Crippen molar-refractivity contribution in [1.29, 1.82) is 0 Å². The summed E-state index contributed by atoms with van der Waals surface area (Å²) in [7, 11) is -1.73. The van der Waals surface area contributed by atoms with Gasteiger partial charge in [0.25, 0.3) is 0 Å². The summed E-state index contributed by atoms with van der Waals surface area (Å²) < 4.78 is 36.0. The molecule has 2 N–H and O–H groups in total. The van der Waals surface area contributed by atoms with Crippen LogP contribution in [0.1, 0.15) is 12.0 Å². The molecule has 20 heavy (non-hydrogen) atoms. The zero-order valence-corrected chi connectivity index (χ0v) is 12.3. The van der Waals surface area contributed by atoms with Crippen molar-refractivity contribution in [2.45, 2.75) is 13.0 Å². The first kappa shape index (κ1) is 15.1. The van der Waals surface area contributed by atoms with Crippen molar-refractivity contribution in [3.05, 3.63) is 23.8 Å². The second-order valence-electron chi connectivity index (χ2n) is 4.53. The van der Waals surface area contributed by atoms with E-state index in [-0.39, 0.29) is 5.75 Å². The molecule has 6 nitrogen and oxygen atoms in total. The fourth-order valence-corrected chi connectivity index (χ4v) is 2.48. The minimum Gasteiger partial charge on any atom is -0.490 e. The van der Waals surface area contributed by atoms with E-state index >= 15 is 0 Å². The van der Waals surface area contributed by atoms with Gasteiger partial charge in [0.2, 0.25) is 10.0 Å². The van der Waals surface area contributed by atoms with Crippen molar-refractivity contribution in [3.8, 4) is 11.5 Å². The second kappa shape index (κ2) is 6.92. The van der Waals surface area contributed by atoms with E-state index in [1.54, 1.807) is 0 Å². The highest BCUT2D eigenvalue weighted by Crippen LogP contribution is 2.30. The van der Waals surface area contributed by atoms with Crippen LogP contribution < -0.4 is 19.5 Å². The lowest BCUT2D eigenvalue weighted by atomic mass is 10.2. The van der Waals surface area contributed by atoms with Crippen molar-refractivity contribution in [3.63, 3.8) is 0 Å². The van der Waals surface area contributed by atoms with Crippen molar-refractivity contribution in [2.24, 2.45) is 0 Å². The van der Waals surface area contributed by atoms with Crippen molar-refractivity contribution >= 4 is 10.0 Å². The average Bonchev–Trinajstić information content (AvgIpc) is 2.68. The van der Waals surface area contributed by atoms with Gasteiger partial charge in [-0.1, -0.05) is 6.07 Å². The third kappa shape index (κ3) is 4.36. The molecular weight excluding hydrogens is 280 g/mol. The minimum atomic E-state index is -3.15. The molecule has 0 fully saturated rings. The van der Waals surface area contributed by atoms with E-state index < -0.39 is 10.0 Å². The highest BCUT2D eigenvalue weighted by molar-refractivity contribution is 7.89. The van der Waals surface area contributed by atoms with Gasteiger partial charge in [0.1, 0.15) is 0 Å². The van der Waals surface area contributed by atoms with E-state index in [1.165, 1.54) is 7.05 Å². The number of sulfonamides is 1. The number of nitrogens with one attached hydrogen (secondary N) is 2. The fraction of sp³-hybridized carbons (Fsp3) is 0.538. The molecule has 0 unspecified atom stereocenters. The molecule has 0 aromatic heterocycles. The van der Waals surface area contributed by atoms with E-state index in [4.69, 9.17) is 9.47 Å². The lowest BCUT2D eigenvalue weighted by Crippen LogP contribution is -2.29. The van der Waals surface area contributed by atoms with Gasteiger partial charge in [-0.3, -0.25) is 0 Å². The lowest BCUT2D eigenvalue weighted by Gasteiger charge is -2.10. The molecule has 0 atom stereocenters. The van der Waals surface area contributed by atoms with Crippen LogP contribution in [-0.2, 0) is 16.6 Å². The minimum absolute atomic E-state index is 0.0635. The Hall–Kier alpha value is -1.31. The van der Waals surface area contributed by atoms with E-state index in [1.807, 2.05) is 18.2 Å². The van der Waals surface area contributed by atoms with Crippen LogP contribution in [0.3, 0.4) is 0 Å². The van der Waals surface area contributed by atoms with Crippen LogP contribution in [0.25, 0.3) is 0 Å². The van der Waals surface area contributed by atoms with Crippen molar-refractivity contribution in [1.82, 2.24) is 10.0 Å². The van der Waals surface area contributed by atoms with Gasteiger partial charge in [0, 0.05) is 19.5 Å². The number of fused-ring (bicyclic) bond motifs is 1. The van der Waals surface area contributed by atoms with Gasteiger partial charge >= 0.3 is 0 Å². The zero-order valence-electron chi connectivity index (χ0n) is 11.5. The maximum absolute atomic E-state index is 11.3. The van der Waals surface area contributed by atoms with Gasteiger partial charge in [-0.15, -0.1) is 0 Å². The summed E-state index contributed by atoms with van der Waals surface area (Å²) in [5.74, 6) is 1.59. The summed E-state index contributed by atoms with van der Waals surface area (Å²) >= 11 is 0. The first-order valence-electron chi connectivity index (χ1n) is 6.61. The molecule has 0 aliphatic carbocycles. The number of rotatable bonds is 6. The number of hydrogen-bond acceptors (Lipinski definition) is 5. The summed E-state index contributed by atoms with van der Waals surface area (Å²) in [5.41, 5.74) is 1.04. The predicted octanol–water partition coefficient (Wildman–Crippen LogP) is 0.487. The van der Waals surface area contributed by atoms with Crippen molar-refractivity contribution in [2.75, 3.05) is 32.6 Å². The Morgan fingerprint density at radius 2 is 1.95 bits per heavy atom. The highest BCUT2D eigenvalue weighted by Gasteiger charge is 2.10. The van der Waals surface area contributed by atoms with E-state index in [9.17, 15) is 8.42 Å². The molecule has 0 radical (unpaired) electrons.